The third-order valence-corrected chi connectivity index (χ3v) is 5.35. The van der Waals surface area contributed by atoms with Crippen molar-refractivity contribution in [1.82, 2.24) is 15.2 Å². The van der Waals surface area contributed by atoms with Crippen molar-refractivity contribution in [3.05, 3.63) is 54.2 Å². The Hall–Kier alpha value is -2.47. The Labute approximate surface area is 145 Å². The molecule has 24 heavy (non-hydrogen) atoms. The summed E-state index contributed by atoms with van der Waals surface area (Å²) in [5, 5.41) is 10.5. The van der Waals surface area contributed by atoms with Crippen LogP contribution in [0.1, 0.15) is 17.9 Å². The molecule has 6 heteroatoms. The fraction of sp³-hybridized carbons (Fsp3) is 0.278. The molecule has 3 aromatic rings. The molecule has 2 aromatic heterocycles. The third kappa shape index (κ3) is 2.97. The highest BCUT2D eigenvalue weighted by atomic mass is 32.1. The molecule has 0 bridgehead atoms. The molecule has 0 saturated carbocycles. The predicted molar refractivity (Wildman–Crippen MR) is 95.7 cm³/mol. The minimum absolute atomic E-state index is 0.526. The molecule has 1 aliphatic heterocycles. The van der Waals surface area contributed by atoms with Gasteiger partial charge in [0.05, 0.1) is 7.11 Å². The third-order valence-electron chi connectivity index (χ3n) is 4.34. The van der Waals surface area contributed by atoms with Crippen molar-refractivity contribution in [2.45, 2.75) is 12.3 Å². The molecule has 5 nitrogen and oxygen atoms in total. The minimum atomic E-state index is 0.526. The van der Waals surface area contributed by atoms with E-state index in [-0.39, 0.29) is 0 Å². The predicted octanol–water partition coefficient (Wildman–Crippen LogP) is 3.60. The summed E-state index contributed by atoms with van der Waals surface area (Å²) in [6, 6.07) is 14.2. The van der Waals surface area contributed by atoms with Crippen LogP contribution in [0.25, 0.3) is 10.7 Å². The summed E-state index contributed by atoms with van der Waals surface area (Å²) in [6.45, 7) is 1.98. The number of rotatable bonds is 4. The standard InChI is InChI=1S/C18H18N4OS/c1-23-15-7-5-13(6-8-15)14-9-11-22(12-14)18-21-20-17(24-18)16-4-2-3-10-19-16/h2-8,10,14H,9,11-12H2,1H3/t14-/m1/s1. The molecule has 0 aliphatic carbocycles. The topological polar surface area (TPSA) is 51.1 Å². The van der Waals surface area contributed by atoms with Crippen LogP contribution < -0.4 is 9.64 Å². The van der Waals surface area contributed by atoms with E-state index in [1.807, 2.05) is 30.3 Å². The van der Waals surface area contributed by atoms with Crippen LogP contribution >= 0.6 is 11.3 Å². The average Bonchev–Trinajstić information content (AvgIpc) is 3.32. The first-order valence-corrected chi connectivity index (χ1v) is 8.79. The van der Waals surface area contributed by atoms with E-state index in [1.54, 1.807) is 24.6 Å². The molecule has 1 saturated heterocycles. The van der Waals surface area contributed by atoms with Gasteiger partial charge in [-0.1, -0.05) is 29.5 Å². The number of hydrogen-bond donors (Lipinski definition) is 0. The fourth-order valence-corrected chi connectivity index (χ4v) is 3.87. The molecule has 0 spiro atoms. The lowest BCUT2D eigenvalue weighted by Gasteiger charge is -2.14. The number of anilines is 1. The van der Waals surface area contributed by atoms with E-state index >= 15 is 0 Å². The maximum absolute atomic E-state index is 5.23. The monoisotopic (exact) mass is 338 g/mol. The van der Waals surface area contributed by atoms with Gasteiger partial charge in [0.1, 0.15) is 11.4 Å². The van der Waals surface area contributed by atoms with Crippen LogP contribution in [0.5, 0.6) is 5.75 Å². The summed E-state index contributed by atoms with van der Waals surface area (Å²) < 4.78 is 5.23. The molecule has 0 radical (unpaired) electrons. The largest absolute Gasteiger partial charge is 0.497 e. The van der Waals surface area contributed by atoms with E-state index in [0.29, 0.717) is 5.92 Å². The SMILES string of the molecule is COc1ccc([C@@H]2CCN(c3nnc(-c4ccccn4)s3)C2)cc1. The summed E-state index contributed by atoms with van der Waals surface area (Å²) in [6.07, 6.45) is 2.91. The van der Waals surface area contributed by atoms with Gasteiger partial charge in [0.25, 0.3) is 0 Å². The van der Waals surface area contributed by atoms with E-state index < -0.39 is 0 Å². The molecular formula is C18H18N4OS. The highest BCUT2D eigenvalue weighted by molar-refractivity contribution is 7.18. The number of aromatic nitrogens is 3. The number of benzene rings is 1. The highest BCUT2D eigenvalue weighted by Crippen LogP contribution is 2.34. The van der Waals surface area contributed by atoms with Crippen LogP contribution in [0.15, 0.2) is 48.7 Å². The number of nitrogens with zero attached hydrogens (tertiary/aromatic N) is 4. The van der Waals surface area contributed by atoms with Crippen molar-refractivity contribution in [2.75, 3.05) is 25.1 Å². The second-order valence-electron chi connectivity index (χ2n) is 5.81. The van der Waals surface area contributed by atoms with Gasteiger partial charge < -0.3 is 9.64 Å². The van der Waals surface area contributed by atoms with Gasteiger partial charge in [-0.05, 0) is 36.2 Å². The summed E-state index contributed by atoms with van der Waals surface area (Å²) in [5.41, 5.74) is 2.24. The zero-order valence-corrected chi connectivity index (χ0v) is 14.2. The van der Waals surface area contributed by atoms with Crippen LogP contribution in [0.4, 0.5) is 5.13 Å². The lowest BCUT2D eigenvalue weighted by molar-refractivity contribution is 0.414. The molecular weight excluding hydrogens is 320 g/mol. The van der Waals surface area contributed by atoms with Gasteiger partial charge >= 0.3 is 0 Å². The molecule has 0 unspecified atom stereocenters. The Bertz CT molecular complexity index is 803. The van der Waals surface area contributed by atoms with Crippen LogP contribution in [-0.4, -0.2) is 35.4 Å². The lowest BCUT2D eigenvalue weighted by Crippen LogP contribution is -2.18. The first-order valence-electron chi connectivity index (χ1n) is 7.97. The van der Waals surface area contributed by atoms with Gasteiger partial charge in [0.2, 0.25) is 5.13 Å². The van der Waals surface area contributed by atoms with E-state index in [1.165, 1.54) is 5.56 Å². The normalized spacial score (nSPS) is 17.2. The Balaban J connectivity index is 1.47. The number of pyridine rings is 1. The Morgan fingerprint density at radius 3 is 2.75 bits per heavy atom. The Morgan fingerprint density at radius 1 is 1.12 bits per heavy atom. The Kier molecular flexibility index (Phi) is 4.13. The van der Waals surface area contributed by atoms with Crippen molar-refractivity contribution >= 4 is 16.5 Å². The van der Waals surface area contributed by atoms with E-state index in [2.05, 4.69) is 32.2 Å². The quantitative estimate of drug-likeness (QED) is 0.727. The molecule has 0 amide bonds. The van der Waals surface area contributed by atoms with E-state index in [9.17, 15) is 0 Å². The van der Waals surface area contributed by atoms with Gasteiger partial charge in [-0.3, -0.25) is 4.98 Å². The first kappa shape index (κ1) is 15.1. The molecule has 122 valence electrons. The number of methoxy groups -OCH3 is 1. The van der Waals surface area contributed by atoms with Gasteiger partial charge in [0, 0.05) is 25.2 Å². The minimum Gasteiger partial charge on any atom is -0.497 e. The van der Waals surface area contributed by atoms with Crippen LogP contribution in [0, 0.1) is 0 Å². The zero-order chi connectivity index (χ0) is 16.4. The van der Waals surface area contributed by atoms with E-state index in [0.717, 1.165) is 41.1 Å². The summed E-state index contributed by atoms with van der Waals surface area (Å²) >= 11 is 1.61. The second kappa shape index (κ2) is 6.57. The zero-order valence-electron chi connectivity index (χ0n) is 13.4. The molecule has 4 rings (SSSR count). The summed E-state index contributed by atoms with van der Waals surface area (Å²) in [4.78, 5) is 6.66. The molecule has 1 aliphatic rings. The maximum Gasteiger partial charge on any atom is 0.208 e. The van der Waals surface area contributed by atoms with E-state index in [4.69, 9.17) is 4.74 Å². The lowest BCUT2D eigenvalue weighted by atomic mass is 9.98. The highest BCUT2D eigenvalue weighted by Gasteiger charge is 2.26. The average molecular weight is 338 g/mol. The number of hydrogen-bond acceptors (Lipinski definition) is 6. The molecule has 0 N–H and O–H groups in total. The molecule has 1 atom stereocenters. The van der Waals surface area contributed by atoms with Crippen LogP contribution in [0.2, 0.25) is 0 Å². The summed E-state index contributed by atoms with van der Waals surface area (Å²) in [5.74, 6) is 1.43. The van der Waals surface area contributed by atoms with Crippen molar-refractivity contribution in [1.29, 1.82) is 0 Å². The summed E-state index contributed by atoms with van der Waals surface area (Å²) in [7, 11) is 1.70. The van der Waals surface area contributed by atoms with Gasteiger partial charge in [-0.25, -0.2) is 0 Å². The molecule has 3 heterocycles. The maximum atomic E-state index is 5.23. The van der Waals surface area contributed by atoms with Crippen LogP contribution in [-0.2, 0) is 0 Å². The van der Waals surface area contributed by atoms with Crippen LogP contribution in [0.3, 0.4) is 0 Å². The van der Waals surface area contributed by atoms with Gasteiger partial charge in [-0.15, -0.1) is 10.2 Å². The second-order valence-corrected chi connectivity index (χ2v) is 6.77. The molecule has 1 aromatic carbocycles. The van der Waals surface area contributed by atoms with Crippen molar-refractivity contribution in [3.63, 3.8) is 0 Å². The molecule has 1 fully saturated rings. The van der Waals surface area contributed by atoms with Crippen molar-refractivity contribution in [2.24, 2.45) is 0 Å². The first-order chi connectivity index (χ1) is 11.8. The van der Waals surface area contributed by atoms with Gasteiger partial charge in [-0.2, -0.15) is 0 Å². The Morgan fingerprint density at radius 2 is 2.00 bits per heavy atom. The number of ether oxygens (including phenoxy) is 1. The van der Waals surface area contributed by atoms with Crippen molar-refractivity contribution in [3.8, 4) is 16.5 Å². The van der Waals surface area contributed by atoms with Gasteiger partial charge in [0.15, 0.2) is 5.01 Å². The smallest absolute Gasteiger partial charge is 0.208 e. The fourth-order valence-electron chi connectivity index (χ4n) is 3.02. The van der Waals surface area contributed by atoms with Crippen molar-refractivity contribution < 1.29 is 4.74 Å².